The predicted molar refractivity (Wildman–Crippen MR) is 57.6 cm³/mol. The zero-order chi connectivity index (χ0) is 10.6. The van der Waals surface area contributed by atoms with Crippen LogP contribution in [0.15, 0.2) is 18.3 Å². The molecule has 0 aliphatic rings. The minimum Gasteiger partial charge on any atom is -0.307 e. The summed E-state index contributed by atoms with van der Waals surface area (Å²) in [6, 6.07) is 4.18. The molecule has 0 radical (unpaired) electrons. The van der Waals surface area contributed by atoms with Crippen molar-refractivity contribution in [2.75, 3.05) is 20.6 Å². The maximum atomic E-state index is 5.49. The Balaban J connectivity index is 2.73. The number of hydrogen-bond donors (Lipinski definition) is 2. The average Bonchev–Trinajstić information content (AvgIpc) is 2.15. The summed E-state index contributed by atoms with van der Waals surface area (Å²) in [6.07, 6.45) is 1.86. The summed E-state index contributed by atoms with van der Waals surface area (Å²) in [6.45, 7) is 2.84. The van der Waals surface area contributed by atoms with E-state index in [9.17, 15) is 0 Å². The highest BCUT2D eigenvalue weighted by molar-refractivity contribution is 5.17. The molecule has 0 aliphatic heterocycles. The molecule has 0 bridgehead atoms. The van der Waals surface area contributed by atoms with Crippen LogP contribution in [0.1, 0.15) is 17.3 Å². The molecule has 78 valence electrons. The van der Waals surface area contributed by atoms with Crippen LogP contribution in [0.4, 0.5) is 0 Å². The second-order valence-electron chi connectivity index (χ2n) is 3.71. The van der Waals surface area contributed by atoms with E-state index in [0.717, 1.165) is 17.8 Å². The van der Waals surface area contributed by atoms with E-state index in [4.69, 9.17) is 5.84 Å². The molecular weight excluding hydrogens is 176 g/mol. The Bertz CT molecular complexity index is 268. The number of nitrogens with two attached hydrogens (primary N) is 1. The largest absolute Gasteiger partial charge is 0.307 e. The Morgan fingerprint density at radius 1 is 1.50 bits per heavy atom. The van der Waals surface area contributed by atoms with Crippen LogP contribution in [0, 0.1) is 6.92 Å². The van der Waals surface area contributed by atoms with E-state index in [1.54, 1.807) is 0 Å². The number of nitrogens with one attached hydrogen (secondary N) is 1. The fourth-order valence-corrected chi connectivity index (χ4v) is 1.30. The lowest BCUT2D eigenvalue weighted by atomic mass is 10.1. The van der Waals surface area contributed by atoms with Gasteiger partial charge in [-0.1, -0.05) is 6.07 Å². The van der Waals surface area contributed by atoms with E-state index in [1.807, 2.05) is 33.3 Å². The van der Waals surface area contributed by atoms with Crippen LogP contribution in [0.3, 0.4) is 0 Å². The van der Waals surface area contributed by atoms with Gasteiger partial charge < -0.3 is 4.90 Å². The van der Waals surface area contributed by atoms with Crippen LogP contribution in [0.25, 0.3) is 0 Å². The summed E-state index contributed by atoms with van der Waals surface area (Å²) in [5, 5.41) is 0. The molecule has 0 spiro atoms. The minimum absolute atomic E-state index is 0.137. The first kappa shape index (κ1) is 11.1. The topological polar surface area (TPSA) is 54.2 Å². The number of aromatic nitrogens is 1. The fourth-order valence-electron chi connectivity index (χ4n) is 1.30. The van der Waals surface area contributed by atoms with Crippen molar-refractivity contribution in [1.29, 1.82) is 0 Å². The summed E-state index contributed by atoms with van der Waals surface area (Å²) in [7, 11) is 4.04. The van der Waals surface area contributed by atoms with Crippen molar-refractivity contribution >= 4 is 0 Å². The number of nitrogens with zero attached hydrogens (tertiary/aromatic N) is 2. The van der Waals surface area contributed by atoms with Crippen molar-refractivity contribution in [2.45, 2.75) is 13.0 Å². The zero-order valence-electron chi connectivity index (χ0n) is 8.99. The smallest absolute Gasteiger partial charge is 0.0601 e. The molecule has 1 unspecified atom stereocenters. The normalized spacial score (nSPS) is 13.2. The molecule has 0 amide bonds. The Hall–Kier alpha value is -0.970. The van der Waals surface area contributed by atoms with Gasteiger partial charge in [-0.05, 0) is 32.6 Å². The Labute approximate surface area is 85.1 Å². The molecular formula is C10H18N4. The van der Waals surface area contributed by atoms with Gasteiger partial charge in [-0.15, -0.1) is 0 Å². The van der Waals surface area contributed by atoms with E-state index < -0.39 is 0 Å². The molecule has 1 atom stereocenters. The molecule has 4 nitrogen and oxygen atoms in total. The second-order valence-corrected chi connectivity index (χ2v) is 3.71. The van der Waals surface area contributed by atoms with Gasteiger partial charge >= 0.3 is 0 Å². The van der Waals surface area contributed by atoms with Gasteiger partial charge in [-0.25, -0.2) is 0 Å². The molecule has 3 N–H and O–H groups in total. The lowest BCUT2D eigenvalue weighted by molar-refractivity contribution is 0.344. The molecule has 0 aromatic carbocycles. The third-order valence-corrected chi connectivity index (χ3v) is 2.09. The maximum absolute atomic E-state index is 5.49. The van der Waals surface area contributed by atoms with Crippen LogP contribution in [-0.4, -0.2) is 30.5 Å². The maximum Gasteiger partial charge on any atom is 0.0601 e. The van der Waals surface area contributed by atoms with Crippen molar-refractivity contribution in [3.05, 3.63) is 29.6 Å². The molecule has 0 aliphatic carbocycles. The molecule has 0 fully saturated rings. The number of hydrogen-bond acceptors (Lipinski definition) is 4. The SMILES string of the molecule is Cc1ccc(C(CN(C)C)NN)cn1. The van der Waals surface area contributed by atoms with E-state index in [1.165, 1.54) is 0 Å². The molecule has 1 aromatic heterocycles. The van der Waals surface area contributed by atoms with E-state index >= 15 is 0 Å². The Morgan fingerprint density at radius 3 is 2.64 bits per heavy atom. The van der Waals surface area contributed by atoms with Crippen molar-refractivity contribution in [2.24, 2.45) is 5.84 Å². The van der Waals surface area contributed by atoms with Gasteiger partial charge in [0.05, 0.1) is 6.04 Å². The number of rotatable bonds is 4. The van der Waals surface area contributed by atoms with Crippen molar-refractivity contribution in [1.82, 2.24) is 15.3 Å². The lowest BCUT2D eigenvalue weighted by Gasteiger charge is -2.20. The summed E-state index contributed by atoms with van der Waals surface area (Å²) >= 11 is 0. The van der Waals surface area contributed by atoms with Crippen LogP contribution in [-0.2, 0) is 0 Å². The highest BCUT2D eigenvalue weighted by Crippen LogP contribution is 2.11. The molecule has 1 heterocycles. The fraction of sp³-hybridized carbons (Fsp3) is 0.500. The molecule has 0 saturated heterocycles. The highest BCUT2D eigenvalue weighted by atomic mass is 15.3. The number of pyridine rings is 1. The summed E-state index contributed by atoms with van der Waals surface area (Å²) in [5.74, 6) is 5.49. The van der Waals surface area contributed by atoms with Gasteiger partial charge in [0.15, 0.2) is 0 Å². The van der Waals surface area contributed by atoms with Crippen LogP contribution in [0.5, 0.6) is 0 Å². The summed E-state index contributed by atoms with van der Waals surface area (Å²) in [4.78, 5) is 6.33. The monoisotopic (exact) mass is 194 g/mol. The van der Waals surface area contributed by atoms with E-state index in [2.05, 4.69) is 21.4 Å². The third-order valence-electron chi connectivity index (χ3n) is 2.09. The van der Waals surface area contributed by atoms with Gasteiger partial charge in [0.2, 0.25) is 0 Å². The Morgan fingerprint density at radius 2 is 2.21 bits per heavy atom. The highest BCUT2D eigenvalue weighted by Gasteiger charge is 2.10. The first-order chi connectivity index (χ1) is 6.63. The zero-order valence-corrected chi connectivity index (χ0v) is 8.99. The molecule has 0 saturated carbocycles. The minimum atomic E-state index is 0.137. The quantitative estimate of drug-likeness (QED) is 0.540. The first-order valence-corrected chi connectivity index (χ1v) is 4.67. The predicted octanol–water partition coefficient (Wildman–Crippen LogP) is 0.456. The van der Waals surface area contributed by atoms with Crippen LogP contribution < -0.4 is 11.3 Å². The number of aryl methyl sites for hydroxylation is 1. The second kappa shape index (κ2) is 5.05. The van der Waals surface area contributed by atoms with E-state index in [0.29, 0.717) is 0 Å². The summed E-state index contributed by atoms with van der Waals surface area (Å²) < 4.78 is 0. The number of likely N-dealkylation sites (N-methyl/N-ethyl adjacent to an activating group) is 1. The van der Waals surface area contributed by atoms with Gasteiger partial charge in [0, 0.05) is 18.4 Å². The van der Waals surface area contributed by atoms with Gasteiger partial charge in [0.1, 0.15) is 0 Å². The summed E-state index contributed by atoms with van der Waals surface area (Å²) in [5.41, 5.74) is 4.93. The van der Waals surface area contributed by atoms with Crippen LogP contribution >= 0.6 is 0 Å². The van der Waals surface area contributed by atoms with Crippen molar-refractivity contribution < 1.29 is 0 Å². The molecule has 4 heteroatoms. The molecule has 1 rings (SSSR count). The van der Waals surface area contributed by atoms with Crippen molar-refractivity contribution in [3.63, 3.8) is 0 Å². The van der Waals surface area contributed by atoms with Crippen molar-refractivity contribution in [3.8, 4) is 0 Å². The average molecular weight is 194 g/mol. The third kappa shape index (κ3) is 3.06. The standard InChI is InChI=1S/C10H18N4/c1-8-4-5-9(6-12-8)10(13-11)7-14(2)3/h4-6,10,13H,7,11H2,1-3H3. The van der Waals surface area contributed by atoms with E-state index in [-0.39, 0.29) is 6.04 Å². The number of hydrazine groups is 1. The first-order valence-electron chi connectivity index (χ1n) is 4.67. The Kier molecular flexibility index (Phi) is 4.00. The van der Waals surface area contributed by atoms with Crippen LogP contribution in [0.2, 0.25) is 0 Å². The van der Waals surface area contributed by atoms with Gasteiger partial charge in [-0.2, -0.15) is 0 Å². The lowest BCUT2D eigenvalue weighted by Crippen LogP contribution is -2.35. The molecule has 1 aromatic rings. The molecule has 14 heavy (non-hydrogen) atoms. The van der Waals surface area contributed by atoms with Gasteiger partial charge in [-0.3, -0.25) is 16.3 Å². The van der Waals surface area contributed by atoms with Gasteiger partial charge in [0.25, 0.3) is 0 Å².